The van der Waals surface area contributed by atoms with E-state index in [4.69, 9.17) is 33.5 Å². The number of amides is 3. The van der Waals surface area contributed by atoms with Crippen LogP contribution in [0.3, 0.4) is 0 Å². The van der Waals surface area contributed by atoms with Gasteiger partial charge < -0.3 is 48.2 Å². The van der Waals surface area contributed by atoms with Crippen LogP contribution in [0.5, 0.6) is 34.5 Å². The lowest BCUT2D eigenvalue weighted by molar-refractivity contribution is -0.00944. The first kappa shape index (κ1) is 67.7. The maximum atomic E-state index is 13.4. The van der Waals surface area contributed by atoms with Crippen LogP contribution in [-0.4, -0.2) is 125 Å². The zero-order valence-corrected chi connectivity index (χ0v) is 58.4. The normalized spacial score (nSPS) is 16.3. The van der Waals surface area contributed by atoms with Gasteiger partial charge in [0.15, 0.2) is 17.1 Å². The standard InChI is InChI=1S/C27H31N3O4.C27H27N3O3.C26H26N4O3.H2/c1-26(2,3)33-22-11-10-18(16-23(22)32-5)25(31)30-14-12-27(13-15-30)20-17-29(4)28-24(20)19-8-6-7-9-21(19)34-27;1-26(2,32)17-19-7-9-20(10-8-19)25(31)29-15-13-27(14-16-29)24-12-11-21(18-28)30(24)22-5-3-4-6-23(22)33-27;1-17(2)32-22-9-8-18(14-19(22)15-27)25(31)30-12-10-26(11-13-30)21-16-28-29(3)24(21)20-6-4-5-7-23(20)33-26;/h6-11,16-17H,12-15H2,1-5H3;3-12,32H,13-17H2,1-2H3;4-9,14,16-17H,10-13H2,1-3H3;1H. The number of hydrogen-bond acceptors (Lipinski definition) is 14. The van der Waals surface area contributed by atoms with Crippen LogP contribution in [0.4, 0.5) is 0 Å². The summed E-state index contributed by atoms with van der Waals surface area (Å²) in [5.74, 6) is 4.06. The van der Waals surface area contributed by atoms with Gasteiger partial charge in [0, 0.05) is 145 Å². The van der Waals surface area contributed by atoms with Crippen molar-refractivity contribution in [2.75, 3.05) is 46.4 Å². The number of methoxy groups -OCH3 is 1. The molecule has 0 atom stereocenters. The summed E-state index contributed by atoms with van der Waals surface area (Å²) in [5, 5.41) is 38.4. The second-order valence-electron chi connectivity index (χ2n) is 28.5. The van der Waals surface area contributed by atoms with E-state index in [0.717, 1.165) is 67.8 Å². The van der Waals surface area contributed by atoms with Crippen molar-refractivity contribution < 1.29 is 49.3 Å². The van der Waals surface area contributed by atoms with E-state index in [1.165, 1.54) is 0 Å². The van der Waals surface area contributed by atoms with Crippen molar-refractivity contribution in [1.82, 2.24) is 38.8 Å². The fourth-order valence-corrected chi connectivity index (χ4v) is 14.7. The zero-order valence-electron chi connectivity index (χ0n) is 58.4. The number of rotatable bonds is 9. The number of carbonyl (C=O) groups excluding carboxylic acids is 3. The van der Waals surface area contributed by atoms with E-state index in [1.54, 1.807) is 45.2 Å². The first-order valence-corrected chi connectivity index (χ1v) is 34.2. The van der Waals surface area contributed by atoms with Crippen molar-refractivity contribution in [3.8, 4) is 74.8 Å². The van der Waals surface area contributed by atoms with Crippen molar-refractivity contribution in [2.45, 2.75) is 128 Å². The van der Waals surface area contributed by atoms with E-state index in [2.05, 4.69) is 29.5 Å². The van der Waals surface area contributed by atoms with Gasteiger partial charge in [0.25, 0.3) is 17.7 Å². The number of likely N-dealkylation sites (tertiary alicyclic amines) is 3. The van der Waals surface area contributed by atoms with Crippen LogP contribution < -0.4 is 28.4 Å². The maximum absolute atomic E-state index is 13.4. The summed E-state index contributed by atoms with van der Waals surface area (Å²) < 4.78 is 42.6. The Balaban J connectivity index is 0.000000143. The summed E-state index contributed by atoms with van der Waals surface area (Å²) in [6.45, 7) is 16.7. The quantitative estimate of drug-likeness (QED) is 0.142. The Hall–Kier alpha value is -10.8. The van der Waals surface area contributed by atoms with Crippen molar-refractivity contribution in [1.29, 1.82) is 10.5 Å². The molecule has 0 bridgehead atoms. The molecule has 6 aliphatic heterocycles. The Kier molecular flexibility index (Phi) is 18.1. The molecule has 3 fully saturated rings. The van der Waals surface area contributed by atoms with Crippen LogP contribution in [0.1, 0.15) is 153 Å². The highest BCUT2D eigenvalue weighted by atomic mass is 16.5. The van der Waals surface area contributed by atoms with E-state index in [-0.39, 0.29) is 30.9 Å². The molecule has 6 aromatic carbocycles. The van der Waals surface area contributed by atoms with Gasteiger partial charge in [0.2, 0.25) is 0 Å². The number of nitrogens with zero attached hydrogens (tertiary/aromatic N) is 10. The molecule has 9 heterocycles. The molecule has 0 unspecified atom stereocenters. The highest BCUT2D eigenvalue weighted by molar-refractivity contribution is 5.96. The van der Waals surface area contributed by atoms with Crippen LogP contribution in [-0.2, 0) is 37.3 Å². The van der Waals surface area contributed by atoms with Crippen LogP contribution in [0.15, 0.2) is 158 Å². The smallest absolute Gasteiger partial charge is 0.253 e. The molecule has 3 aromatic heterocycles. The predicted octanol–water partition coefficient (Wildman–Crippen LogP) is 13.5. The Labute approximate surface area is 584 Å². The van der Waals surface area contributed by atoms with E-state index >= 15 is 0 Å². The molecule has 1 N–H and O–H groups in total. The molecule has 0 aliphatic carbocycles. The van der Waals surface area contributed by atoms with E-state index in [0.29, 0.717) is 129 Å². The molecule has 15 rings (SSSR count). The number of para-hydroxylation sites is 4. The highest BCUT2D eigenvalue weighted by Gasteiger charge is 2.49. The van der Waals surface area contributed by atoms with Gasteiger partial charge in [-0.2, -0.15) is 20.7 Å². The Morgan fingerprint density at radius 2 is 1.13 bits per heavy atom. The molecular weight excluding hydrogens is 1260 g/mol. The number of benzene rings is 6. The monoisotopic (exact) mass is 1350 g/mol. The number of carbonyl (C=O) groups is 3. The third kappa shape index (κ3) is 13.2. The minimum Gasteiger partial charge on any atom is -0.493 e. The Bertz CT molecular complexity index is 4670. The van der Waals surface area contributed by atoms with E-state index in [9.17, 15) is 30.0 Å². The summed E-state index contributed by atoms with van der Waals surface area (Å²) >= 11 is 0. The molecule has 20 nitrogen and oxygen atoms in total. The Morgan fingerprint density at radius 3 is 1.71 bits per heavy atom. The minimum atomic E-state index is -0.783. The van der Waals surface area contributed by atoms with Crippen LogP contribution in [0.2, 0.25) is 0 Å². The number of aliphatic hydroxyl groups is 1. The molecule has 0 radical (unpaired) electrons. The predicted molar refractivity (Wildman–Crippen MR) is 379 cm³/mol. The van der Waals surface area contributed by atoms with Gasteiger partial charge in [0.05, 0.1) is 47.7 Å². The number of ether oxygens (including phenoxy) is 6. The lowest BCUT2D eigenvalue weighted by atomic mass is 9.81. The molecule has 0 saturated carbocycles. The summed E-state index contributed by atoms with van der Waals surface area (Å²) in [6.07, 6.45) is 8.50. The lowest BCUT2D eigenvalue weighted by Crippen LogP contribution is -2.50. The number of piperidine rings is 3. The fourth-order valence-electron chi connectivity index (χ4n) is 14.7. The third-order valence-electron chi connectivity index (χ3n) is 19.5. The maximum Gasteiger partial charge on any atom is 0.253 e. The molecule has 516 valence electrons. The van der Waals surface area contributed by atoms with Gasteiger partial charge >= 0.3 is 0 Å². The SMILES string of the molecule is CC(C)(O)Cc1ccc(C(=O)N2CCC3(CC2)Oc2ccccc2-n2c(C#N)ccc23)cc1.CC(C)Oc1ccc(C(=O)N2CCC3(CC2)Oc2ccccc2-c2c3cnn2C)cc1C#N.COc1cc(C(=O)N2CCC3(CC2)Oc2ccccc2-c2nn(C)cc23)ccc1OC(C)(C)C.[HH]. The van der Waals surface area contributed by atoms with Gasteiger partial charge in [-0.25, -0.2) is 0 Å². The highest BCUT2D eigenvalue weighted by Crippen LogP contribution is 2.52. The van der Waals surface area contributed by atoms with E-state index in [1.807, 2.05) is 199 Å². The summed E-state index contributed by atoms with van der Waals surface area (Å²) in [7, 11) is 5.48. The molecule has 3 spiro atoms. The van der Waals surface area contributed by atoms with Gasteiger partial charge in [0.1, 0.15) is 63.3 Å². The topological polar surface area (TPSA) is 225 Å². The molecule has 3 amide bonds. The van der Waals surface area contributed by atoms with Crippen molar-refractivity contribution >= 4 is 17.7 Å². The number of aryl methyl sites for hydroxylation is 2. The molecule has 20 heteroatoms. The van der Waals surface area contributed by atoms with Crippen LogP contribution in [0, 0.1) is 22.7 Å². The Morgan fingerprint density at radius 1 is 0.610 bits per heavy atom. The van der Waals surface area contributed by atoms with Crippen LogP contribution >= 0.6 is 0 Å². The second kappa shape index (κ2) is 26.8. The van der Waals surface area contributed by atoms with Gasteiger partial charge in [-0.3, -0.25) is 28.3 Å². The molecule has 9 aromatic rings. The van der Waals surface area contributed by atoms with Gasteiger partial charge in [-0.05, 0) is 151 Å². The fraction of sp³-hybridized carbons (Fsp3) is 0.362. The zero-order chi connectivity index (χ0) is 70.5. The third-order valence-corrected chi connectivity index (χ3v) is 19.5. The molecular formula is C80H86N10O10. The van der Waals surface area contributed by atoms with Gasteiger partial charge in [-0.1, -0.05) is 48.5 Å². The van der Waals surface area contributed by atoms with E-state index < -0.39 is 22.4 Å². The number of fused-ring (bicyclic) bond motifs is 12. The average Bonchev–Trinajstić information content (AvgIpc) is 1.69. The lowest BCUT2D eigenvalue weighted by Gasteiger charge is -2.45. The summed E-state index contributed by atoms with van der Waals surface area (Å²) in [5.41, 5.74) is 9.18. The van der Waals surface area contributed by atoms with Gasteiger partial charge in [-0.15, -0.1) is 0 Å². The molecule has 3 saturated heterocycles. The molecule has 6 aliphatic rings. The van der Waals surface area contributed by atoms with Crippen molar-refractivity contribution in [3.63, 3.8) is 0 Å². The number of aromatic nitrogens is 5. The average molecular weight is 1350 g/mol. The minimum absolute atomic E-state index is 0. The second-order valence-corrected chi connectivity index (χ2v) is 28.5. The molecule has 100 heavy (non-hydrogen) atoms. The number of hydrogen-bond donors (Lipinski definition) is 1. The largest absolute Gasteiger partial charge is 0.493 e. The van der Waals surface area contributed by atoms with Crippen molar-refractivity contribution in [2.24, 2.45) is 14.1 Å². The van der Waals surface area contributed by atoms with Crippen molar-refractivity contribution in [3.05, 3.63) is 208 Å². The first-order valence-electron chi connectivity index (χ1n) is 34.2. The van der Waals surface area contributed by atoms with Crippen LogP contribution in [0.25, 0.3) is 28.2 Å². The first-order chi connectivity index (χ1) is 47.9. The number of nitriles is 2. The summed E-state index contributed by atoms with van der Waals surface area (Å²) in [4.78, 5) is 45.3. The summed E-state index contributed by atoms with van der Waals surface area (Å²) in [6, 6.07) is 50.1.